The molecule has 0 spiro atoms. The van der Waals surface area contributed by atoms with Gasteiger partial charge in [-0.3, -0.25) is 4.90 Å². The Morgan fingerprint density at radius 3 is 2.40 bits per heavy atom. The van der Waals surface area contributed by atoms with E-state index < -0.39 is 29.3 Å². The van der Waals surface area contributed by atoms with Crippen molar-refractivity contribution in [2.24, 2.45) is 5.41 Å². The monoisotopic (exact) mass is 588 g/mol. The largest absolute Gasteiger partial charge is 0.493 e. The van der Waals surface area contributed by atoms with Crippen LogP contribution in [0.4, 0.5) is 13.2 Å². The number of fused-ring (bicyclic) bond motifs is 3. The first kappa shape index (κ1) is 31.9. The summed E-state index contributed by atoms with van der Waals surface area (Å²) in [7, 11) is 0. The quantitative estimate of drug-likeness (QED) is 0.168. The Morgan fingerprint density at radius 2 is 1.74 bits per heavy atom. The van der Waals surface area contributed by atoms with Crippen LogP contribution in [-0.2, 0) is 20.7 Å². The molecule has 1 aromatic heterocycles. The summed E-state index contributed by atoms with van der Waals surface area (Å²) in [6, 6.07) is 9.26. The smallest absolute Gasteiger partial charge is 0.332 e. The van der Waals surface area contributed by atoms with Gasteiger partial charge >= 0.3 is 5.97 Å². The molecule has 1 aliphatic heterocycles. The van der Waals surface area contributed by atoms with Gasteiger partial charge in [0.1, 0.15) is 29.7 Å². The van der Waals surface area contributed by atoms with Gasteiger partial charge in [0.2, 0.25) is 0 Å². The third-order valence-electron chi connectivity index (χ3n) is 7.90. The van der Waals surface area contributed by atoms with E-state index in [-0.39, 0.29) is 42.5 Å². The highest BCUT2D eigenvalue weighted by Crippen LogP contribution is 2.43. The zero-order valence-electron chi connectivity index (χ0n) is 25.5. The first-order valence-corrected chi connectivity index (χ1v) is 14.7. The molecule has 0 unspecified atom stereocenters. The van der Waals surface area contributed by atoms with Gasteiger partial charge in [0.15, 0.2) is 0 Å². The maximum absolute atomic E-state index is 15.9. The topological polar surface area (TPSA) is 63.8 Å². The molecule has 4 rings (SSSR count). The standard InChI is InChI=1S/C33H43F3N2O4/c1-7-41-28(39)19-40-14-12-32(3,4)13-15-42-22-17-25(34)29(26(35)18-22)31-30-24(23-10-8-9-11-27(23)37-30)16-21(2)38(31)20-33(5,6)36/h8-11,17-18,21,31,37H,7,12-16,19-20H2,1-6H3/t21-,31-/m1/s1. The maximum Gasteiger partial charge on any atom is 0.332 e. The summed E-state index contributed by atoms with van der Waals surface area (Å²) in [5, 5.41) is 1.01. The van der Waals surface area contributed by atoms with E-state index in [0.717, 1.165) is 16.5 Å². The van der Waals surface area contributed by atoms with Crippen molar-refractivity contribution in [2.75, 3.05) is 33.0 Å². The second-order valence-electron chi connectivity index (χ2n) is 12.6. The van der Waals surface area contributed by atoms with E-state index >= 15 is 8.78 Å². The van der Waals surface area contributed by atoms with Crippen LogP contribution in [0, 0.1) is 17.0 Å². The predicted octanol–water partition coefficient (Wildman–Crippen LogP) is 7.30. The summed E-state index contributed by atoms with van der Waals surface area (Å²) in [5.41, 5.74) is 0.708. The Hall–Kier alpha value is -3.04. The number of rotatable bonds is 13. The van der Waals surface area contributed by atoms with Crippen LogP contribution < -0.4 is 4.74 Å². The number of benzene rings is 2. The van der Waals surface area contributed by atoms with E-state index in [1.54, 1.807) is 6.92 Å². The lowest BCUT2D eigenvalue weighted by molar-refractivity contribution is -0.148. The number of hydrogen-bond acceptors (Lipinski definition) is 5. The van der Waals surface area contributed by atoms with Crippen molar-refractivity contribution in [2.45, 2.75) is 78.6 Å². The van der Waals surface area contributed by atoms with E-state index in [1.807, 2.05) is 49.9 Å². The first-order chi connectivity index (χ1) is 19.8. The third kappa shape index (κ3) is 7.67. The van der Waals surface area contributed by atoms with E-state index in [2.05, 4.69) is 4.98 Å². The molecule has 6 nitrogen and oxygen atoms in total. The van der Waals surface area contributed by atoms with Crippen LogP contribution in [0.1, 0.15) is 77.2 Å². The molecule has 1 N–H and O–H groups in total. The molecule has 0 bridgehead atoms. The van der Waals surface area contributed by atoms with Crippen LogP contribution in [0.25, 0.3) is 10.9 Å². The molecule has 1 aliphatic rings. The molecule has 9 heteroatoms. The lowest BCUT2D eigenvalue weighted by Gasteiger charge is -2.43. The van der Waals surface area contributed by atoms with Gasteiger partial charge < -0.3 is 19.2 Å². The summed E-state index contributed by atoms with van der Waals surface area (Å²) in [5.74, 6) is -1.77. The van der Waals surface area contributed by atoms with Crippen LogP contribution in [0.3, 0.4) is 0 Å². The average molecular weight is 589 g/mol. The number of nitrogens with zero attached hydrogens (tertiary/aromatic N) is 1. The van der Waals surface area contributed by atoms with Crippen LogP contribution in [0.5, 0.6) is 5.75 Å². The minimum Gasteiger partial charge on any atom is -0.493 e. The van der Waals surface area contributed by atoms with Gasteiger partial charge in [-0.1, -0.05) is 32.0 Å². The number of aromatic amines is 1. The van der Waals surface area contributed by atoms with E-state index in [1.165, 1.54) is 26.0 Å². The zero-order valence-corrected chi connectivity index (χ0v) is 25.5. The molecular formula is C33H43F3N2O4. The first-order valence-electron chi connectivity index (χ1n) is 14.7. The second kappa shape index (κ2) is 13.1. The van der Waals surface area contributed by atoms with E-state index in [4.69, 9.17) is 14.2 Å². The molecule has 0 aliphatic carbocycles. The van der Waals surface area contributed by atoms with Crippen molar-refractivity contribution in [3.05, 3.63) is 64.9 Å². The number of esters is 1. The Bertz CT molecular complexity index is 1360. The summed E-state index contributed by atoms with van der Waals surface area (Å²) in [6.45, 7) is 11.6. The summed E-state index contributed by atoms with van der Waals surface area (Å²) in [6.07, 6.45) is 1.92. The van der Waals surface area contributed by atoms with Gasteiger partial charge in [-0.25, -0.2) is 18.0 Å². The number of halogens is 3. The van der Waals surface area contributed by atoms with Crippen molar-refractivity contribution >= 4 is 16.9 Å². The maximum atomic E-state index is 15.9. The SMILES string of the molecule is CCOC(=O)COCCC(C)(C)CCOc1cc(F)c([C@@H]2c3[nH]c4ccccc4c3C[C@@H](C)N2CC(C)(C)F)c(F)c1. The Morgan fingerprint density at radius 1 is 1.07 bits per heavy atom. The minimum atomic E-state index is -1.57. The Labute approximate surface area is 246 Å². The van der Waals surface area contributed by atoms with Crippen molar-refractivity contribution in [3.8, 4) is 5.75 Å². The summed E-state index contributed by atoms with van der Waals surface area (Å²) in [4.78, 5) is 16.7. The number of hydrogen-bond donors (Lipinski definition) is 1. The Kier molecular flexibility index (Phi) is 9.93. The molecular weight excluding hydrogens is 545 g/mol. The normalized spacial score (nSPS) is 17.8. The molecule has 42 heavy (non-hydrogen) atoms. The van der Waals surface area contributed by atoms with Gasteiger partial charge in [-0.15, -0.1) is 0 Å². The fraction of sp³-hybridized carbons (Fsp3) is 0.545. The second-order valence-corrected chi connectivity index (χ2v) is 12.6. The highest BCUT2D eigenvalue weighted by Gasteiger charge is 2.41. The van der Waals surface area contributed by atoms with Crippen LogP contribution >= 0.6 is 0 Å². The fourth-order valence-corrected chi connectivity index (χ4v) is 5.68. The highest BCUT2D eigenvalue weighted by atomic mass is 19.1. The van der Waals surface area contributed by atoms with Gasteiger partial charge in [-0.2, -0.15) is 0 Å². The summed E-state index contributed by atoms with van der Waals surface area (Å²) >= 11 is 0. The van der Waals surface area contributed by atoms with Crippen molar-refractivity contribution in [1.82, 2.24) is 9.88 Å². The predicted molar refractivity (Wildman–Crippen MR) is 158 cm³/mol. The number of carbonyl (C=O) groups excluding carboxylic acids is 1. The molecule has 0 radical (unpaired) electrons. The van der Waals surface area contributed by atoms with Gasteiger partial charge in [0.05, 0.1) is 19.3 Å². The number of ether oxygens (including phenoxy) is 3. The lowest BCUT2D eigenvalue weighted by Crippen LogP contribution is -2.48. The number of carbonyl (C=O) groups is 1. The van der Waals surface area contributed by atoms with Crippen molar-refractivity contribution in [1.29, 1.82) is 0 Å². The number of alkyl halides is 1. The highest BCUT2D eigenvalue weighted by molar-refractivity contribution is 5.85. The van der Waals surface area contributed by atoms with Crippen LogP contribution in [0.15, 0.2) is 36.4 Å². The molecule has 0 amide bonds. The molecule has 0 saturated heterocycles. The molecule has 2 heterocycles. The molecule has 0 fully saturated rings. The lowest BCUT2D eigenvalue weighted by atomic mass is 9.86. The summed E-state index contributed by atoms with van der Waals surface area (Å²) < 4.78 is 62.7. The zero-order chi connectivity index (χ0) is 30.7. The minimum absolute atomic E-state index is 0.0172. The number of aromatic nitrogens is 1. The molecule has 3 aromatic rings. The average Bonchev–Trinajstić information content (AvgIpc) is 3.25. The van der Waals surface area contributed by atoms with Gasteiger partial charge in [0, 0.05) is 53.5 Å². The molecule has 2 aromatic carbocycles. The van der Waals surface area contributed by atoms with Gasteiger partial charge in [-0.05, 0) is 64.0 Å². The number of para-hydroxylation sites is 1. The molecule has 2 atom stereocenters. The van der Waals surface area contributed by atoms with E-state index in [0.29, 0.717) is 38.2 Å². The third-order valence-corrected chi connectivity index (χ3v) is 7.90. The fourth-order valence-electron chi connectivity index (χ4n) is 5.68. The van der Waals surface area contributed by atoms with Gasteiger partial charge in [0.25, 0.3) is 0 Å². The molecule has 0 saturated carbocycles. The van der Waals surface area contributed by atoms with E-state index in [9.17, 15) is 9.18 Å². The Balaban J connectivity index is 1.51. The van der Waals surface area contributed by atoms with Crippen LogP contribution in [0.2, 0.25) is 0 Å². The van der Waals surface area contributed by atoms with Crippen molar-refractivity contribution in [3.63, 3.8) is 0 Å². The number of H-pyrrole nitrogens is 1. The molecule has 230 valence electrons. The number of nitrogens with one attached hydrogen (secondary N) is 1. The van der Waals surface area contributed by atoms with Crippen molar-refractivity contribution < 1.29 is 32.2 Å². The van der Waals surface area contributed by atoms with Crippen LogP contribution in [-0.4, -0.2) is 60.5 Å².